The van der Waals surface area contributed by atoms with E-state index in [1.165, 1.54) is 11.8 Å². The second-order valence-electron chi connectivity index (χ2n) is 8.73. The highest BCUT2D eigenvalue weighted by Crippen LogP contribution is 2.42. The number of hydrogen-bond donors (Lipinski definition) is 2. The van der Waals surface area contributed by atoms with Gasteiger partial charge in [0.05, 0.1) is 28.4 Å². The number of nitrogens with one attached hydrogen (secondary N) is 1. The summed E-state index contributed by atoms with van der Waals surface area (Å²) in [5.74, 6) is -0.371. The number of allylic oxidation sites excluding steroid dienone is 2. The summed E-state index contributed by atoms with van der Waals surface area (Å²) in [5.41, 5.74) is 6.97. The van der Waals surface area contributed by atoms with Gasteiger partial charge in [-0.15, -0.1) is 5.73 Å². The van der Waals surface area contributed by atoms with Crippen LogP contribution in [0.3, 0.4) is 0 Å². The van der Waals surface area contributed by atoms with Crippen LogP contribution in [0.15, 0.2) is 52.6 Å². The number of aromatic nitrogens is 2. The largest absolute Gasteiger partial charge is 0.481 e. The first kappa shape index (κ1) is 23.8. The first-order valence-corrected chi connectivity index (χ1v) is 12.0. The van der Waals surface area contributed by atoms with Gasteiger partial charge in [-0.3, -0.25) is 9.78 Å². The molecule has 0 radical (unpaired) electrons. The number of thioether (sulfide) groups is 1. The summed E-state index contributed by atoms with van der Waals surface area (Å²) >= 11 is 7.72. The maximum atomic E-state index is 11.8. The number of carboxylic acids is 1. The van der Waals surface area contributed by atoms with Crippen molar-refractivity contribution in [3.63, 3.8) is 0 Å². The monoisotopic (exact) mass is 490 g/mol. The van der Waals surface area contributed by atoms with Gasteiger partial charge in [-0.1, -0.05) is 43.3 Å². The minimum atomic E-state index is -0.911. The smallest absolute Gasteiger partial charge is 0.305 e. The van der Waals surface area contributed by atoms with Crippen LogP contribution >= 0.6 is 23.4 Å². The fourth-order valence-corrected chi connectivity index (χ4v) is 5.11. The molecule has 1 atom stereocenters. The molecule has 0 saturated heterocycles. The molecule has 1 aliphatic heterocycles. The molecule has 0 bridgehead atoms. The number of carboxylic acid groups (broad SMARTS) is 1. The Labute approximate surface area is 207 Å². The van der Waals surface area contributed by atoms with Gasteiger partial charge in [0.1, 0.15) is 11.9 Å². The van der Waals surface area contributed by atoms with E-state index in [9.17, 15) is 15.2 Å². The Balaban J connectivity index is 1.76. The van der Waals surface area contributed by atoms with E-state index in [1.54, 1.807) is 12.3 Å². The van der Waals surface area contributed by atoms with Crippen molar-refractivity contribution in [2.24, 2.45) is 5.41 Å². The molecule has 3 heterocycles. The van der Waals surface area contributed by atoms with Gasteiger partial charge in [-0.25, -0.2) is 4.98 Å². The summed E-state index contributed by atoms with van der Waals surface area (Å²) in [7, 11) is 0. The third-order valence-electron chi connectivity index (χ3n) is 6.04. The van der Waals surface area contributed by atoms with Gasteiger partial charge in [-0.05, 0) is 42.2 Å². The van der Waals surface area contributed by atoms with Gasteiger partial charge in [0.25, 0.3) is 0 Å². The van der Waals surface area contributed by atoms with E-state index in [-0.39, 0.29) is 6.42 Å². The van der Waals surface area contributed by atoms with E-state index in [4.69, 9.17) is 16.6 Å². The molecule has 0 saturated carbocycles. The highest BCUT2D eigenvalue weighted by Gasteiger charge is 2.36. The predicted octanol–water partition coefficient (Wildman–Crippen LogP) is 5.88. The van der Waals surface area contributed by atoms with Crippen LogP contribution in [0.25, 0.3) is 5.57 Å². The van der Waals surface area contributed by atoms with Crippen molar-refractivity contribution in [1.82, 2.24) is 9.97 Å². The molecule has 2 aromatic rings. The molecule has 1 unspecified atom stereocenters. The number of anilines is 1. The number of aryl methyl sites for hydroxylation is 1. The van der Waals surface area contributed by atoms with Gasteiger partial charge in [0, 0.05) is 40.1 Å². The van der Waals surface area contributed by atoms with Gasteiger partial charge >= 0.3 is 5.97 Å². The molecule has 0 spiro atoms. The average molecular weight is 491 g/mol. The maximum absolute atomic E-state index is 11.8. The molecule has 8 heteroatoms. The van der Waals surface area contributed by atoms with Crippen LogP contribution < -0.4 is 5.32 Å². The molecule has 4 rings (SSSR count). The van der Waals surface area contributed by atoms with Crippen LogP contribution in [0.4, 0.5) is 5.82 Å². The van der Waals surface area contributed by atoms with Crippen molar-refractivity contribution < 1.29 is 9.90 Å². The lowest BCUT2D eigenvalue weighted by Crippen LogP contribution is -2.39. The van der Waals surface area contributed by atoms with Gasteiger partial charge < -0.3 is 10.4 Å². The molecule has 0 amide bonds. The van der Waals surface area contributed by atoms with Gasteiger partial charge in [0.2, 0.25) is 0 Å². The van der Waals surface area contributed by atoms with Crippen molar-refractivity contribution in [3.8, 4) is 6.07 Å². The summed E-state index contributed by atoms with van der Waals surface area (Å²) in [5, 5.41) is 25.3. The Morgan fingerprint density at radius 2 is 2.24 bits per heavy atom. The van der Waals surface area contributed by atoms with Crippen molar-refractivity contribution in [3.05, 3.63) is 85.7 Å². The molecule has 2 N–H and O–H groups in total. The number of nitriles is 1. The molecule has 2 aliphatic rings. The van der Waals surface area contributed by atoms with Crippen LogP contribution in [0.5, 0.6) is 0 Å². The minimum absolute atomic E-state index is 0.107. The number of pyridine rings is 2. The standard InChI is InChI=1S/C26H23ClN4O2S/c1-15-10-16(13-28)24(18-7-8-20-19(18)11-17(27)14-29-20)31-25(15)30-21(12-23(32)33)26(2,3)22-6-4-5-9-34-22/h4-5,7,9-11,14,21H,8,12H2,1-3H3,(H,30,31)(H,32,33). The fraction of sp³-hybridized carbons (Fsp3) is 0.269. The summed E-state index contributed by atoms with van der Waals surface area (Å²) in [4.78, 5) is 21.9. The van der Waals surface area contributed by atoms with Crippen molar-refractivity contribution in [2.75, 3.05) is 5.32 Å². The van der Waals surface area contributed by atoms with E-state index >= 15 is 0 Å². The molecule has 1 aliphatic carbocycles. The minimum Gasteiger partial charge on any atom is -0.481 e. The predicted molar refractivity (Wildman–Crippen MR) is 135 cm³/mol. The van der Waals surface area contributed by atoms with Crippen LogP contribution in [-0.4, -0.2) is 27.1 Å². The fourth-order valence-electron chi connectivity index (χ4n) is 4.07. The summed E-state index contributed by atoms with van der Waals surface area (Å²) < 4.78 is 0. The number of rotatable bonds is 7. The summed E-state index contributed by atoms with van der Waals surface area (Å²) in [6, 6.07) is 5.40. The van der Waals surface area contributed by atoms with E-state index in [1.807, 2.05) is 50.5 Å². The molecule has 34 heavy (non-hydrogen) atoms. The first-order chi connectivity index (χ1) is 16.2. The van der Waals surface area contributed by atoms with Crippen LogP contribution in [0, 0.1) is 23.7 Å². The molecule has 0 fully saturated rings. The molecule has 2 aromatic heterocycles. The van der Waals surface area contributed by atoms with Crippen LogP contribution in [0.1, 0.15) is 48.3 Å². The number of hydrogen-bond acceptors (Lipinski definition) is 6. The van der Waals surface area contributed by atoms with Crippen molar-refractivity contribution >= 4 is 40.7 Å². The zero-order valence-corrected chi connectivity index (χ0v) is 20.6. The quantitative estimate of drug-likeness (QED) is 0.467. The van der Waals surface area contributed by atoms with E-state index < -0.39 is 17.4 Å². The summed E-state index contributed by atoms with van der Waals surface area (Å²) in [6.45, 7) is 5.86. The Morgan fingerprint density at radius 1 is 1.44 bits per heavy atom. The highest BCUT2D eigenvalue weighted by atomic mass is 35.5. The lowest BCUT2D eigenvalue weighted by Gasteiger charge is -2.36. The molecule has 6 nitrogen and oxygen atoms in total. The third-order valence-corrected chi connectivity index (χ3v) is 7.42. The Morgan fingerprint density at radius 3 is 2.91 bits per heavy atom. The van der Waals surface area contributed by atoms with Crippen LogP contribution in [-0.2, 0) is 11.2 Å². The Bertz CT molecular complexity index is 1350. The second-order valence-corrected chi connectivity index (χ2v) is 10.1. The number of nitrogens with zero attached hydrogens (tertiary/aromatic N) is 3. The third kappa shape index (κ3) is 4.67. The topological polar surface area (TPSA) is 98.9 Å². The number of aliphatic carboxylic acids is 1. The zero-order valence-electron chi connectivity index (χ0n) is 19.0. The number of carbonyl (C=O) groups is 1. The lowest BCUT2D eigenvalue weighted by atomic mass is 9.81. The number of halogens is 1. The summed E-state index contributed by atoms with van der Waals surface area (Å²) in [6.07, 6.45) is 7.86. The average Bonchev–Trinajstić information content (AvgIpc) is 3.22. The van der Waals surface area contributed by atoms with Gasteiger partial charge in [-0.2, -0.15) is 5.26 Å². The normalized spacial score (nSPS) is 15.3. The first-order valence-electron chi connectivity index (χ1n) is 10.7. The molecule has 0 aromatic carbocycles. The van der Waals surface area contributed by atoms with E-state index in [0.717, 1.165) is 27.3 Å². The van der Waals surface area contributed by atoms with Crippen molar-refractivity contribution in [1.29, 1.82) is 5.26 Å². The number of fused-ring (bicyclic) bond motifs is 1. The van der Waals surface area contributed by atoms with E-state index in [0.29, 0.717) is 28.5 Å². The maximum Gasteiger partial charge on any atom is 0.305 e. The SMILES string of the molecule is Cc1cc(C#N)c(C2=CCc3ncc(Cl)cc32)nc1NC(CC(=O)O)C(C)(C)C1=C=CC=CS1. The highest BCUT2D eigenvalue weighted by molar-refractivity contribution is 8.05. The van der Waals surface area contributed by atoms with Gasteiger partial charge in [0.15, 0.2) is 0 Å². The zero-order chi connectivity index (χ0) is 24.5. The Hall–Kier alpha value is -3.30. The second kappa shape index (κ2) is 9.52. The molecule has 172 valence electrons. The van der Waals surface area contributed by atoms with Crippen molar-refractivity contribution in [2.45, 2.75) is 39.7 Å². The van der Waals surface area contributed by atoms with Crippen LogP contribution in [0.2, 0.25) is 5.02 Å². The molecular formula is C26H23ClN4O2S. The lowest BCUT2D eigenvalue weighted by molar-refractivity contribution is -0.137. The van der Waals surface area contributed by atoms with E-state index in [2.05, 4.69) is 22.1 Å². The Kier molecular flexibility index (Phi) is 6.67. The molecular weight excluding hydrogens is 468 g/mol.